The fourth-order valence-electron chi connectivity index (χ4n) is 3.06. The van der Waals surface area contributed by atoms with Gasteiger partial charge in [-0.15, -0.1) is 0 Å². The van der Waals surface area contributed by atoms with Gasteiger partial charge in [0.15, 0.2) is 0 Å². The molecule has 148 valence electrons. The second-order valence-corrected chi connectivity index (χ2v) is 7.07. The highest BCUT2D eigenvalue weighted by Gasteiger charge is 2.04. The van der Waals surface area contributed by atoms with Crippen molar-refractivity contribution < 1.29 is 14.6 Å². The highest BCUT2D eigenvalue weighted by atomic mass is 16.5. The zero-order valence-corrected chi connectivity index (χ0v) is 16.7. The molecule has 3 nitrogen and oxygen atoms in total. The lowest BCUT2D eigenvalue weighted by atomic mass is 10.1. The van der Waals surface area contributed by atoms with Gasteiger partial charge in [-0.2, -0.15) is 0 Å². The van der Waals surface area contributed by atoms with Gasteiger partial charge in [-0.25, -0.2) is 0 Å². The Morgan fingerprint density at radius 2 is 1.33 bits per heavy atom. The minimum Gasteiger partial charge on any atom is -0.493 e. The Morgan fingerprint density at radius 3 is 2.00 bits per heavy atom. The molecule has 0 atom stereocenters. The van der Waals surface area contributed by atoms with Crippen molar-refractivity contribution in [1.29, 1.82) is 0 Å². The van der Waals surface area contributed by atoms with E-state index in [1.165, 1.54) is 44.9 Å². The largest absolute Gasteiger partial charge is 0.493 e. The van der Waals surface area contributed by atoms with Gasteiger partial charge in [0.25, 0.3) is 0 Å². The van der Waals surface area contributed by atoms with Gasteiger partial charge >= 0.3 is 0 Å². The van der Waals surface area contributed by atoms with E-state index in [0.717, 1.165) is 29.0 Å². The summed E-state index contributed by atoms with van der Waals surface area (Å²) in [5, 5.41) is 9.49. The van der Waals surface area contributed by atoms with Crippen LogP contribution in [-0.2, 0) is 13.2 Å². The lowest BCUT2D eigenvalue weighted by Gasteiger charge is -2.12. The molecule has 0 aliphatic rings. The molecule has 0 bridgehead atoms. The van der Waals surface area contributed by atoms with Crippen molar-refractivity contribution in [1.82, 2.24) is 0 Å². The van der Waals surface area contributed by atoms with Gasteiger partial charge in [-0.3, -0.25) is 0 Å². The zero-order chi connectivity index (χ0) is 19.2. The minimum absolute atomic E-state index is 0.0172. The van der Waals surface area contributed by atoms with Crippen molar-refractivity contribution >= 4 is 0 Å². The Balaban J connectivity index is 1.72. The summed E-state index contributed by atoms with van der Waals surface area (Å²) >= 11 is 0. The van der Waals surface area contributed by atoms with E-state index < -0.39 is 0 Å². The standard InChI is InChI=1S/C24H34O3/c1-2-3-4-5-6-7-8-12-15-26-23-16-22(19-25)17-24(18-23)27-20-21-13-10-9-11-14-21/h9-11,13-14,16-18,25H,2-8,12,15,19-20H2,1H3. The highest BCUT2D eigenvalue weighted by Crippen LogP contribution is 2.24. The summed E-state index contributed by atoms with van der Waals surface area (Å²) in [6, 6.07) is 15.7. The first kappa shape index (κ1) is 21.3. The van der Waals surface area contributed by atoms with E-state index in [4.69, 9.17) is 9.47 Å². The van der Waals surface area contributed by atoms with E-state index in [-0.39, 0.29) is 6.61 Å². The van der Waals surface area contributed by atoms with Crippen LogP contribution in [0.15, 0.2) is 48.5 Å². The first-order valence-corrected chi connectivity index (χ1v) is 10.4. The summed E-state index contributed by atoms with van der Waals surface area (Å²) in [4.78, 5) is 0. The molecule has 27 heavy (non-hydrogen) atoms. The van der Waals surface area contributed by atoms with Gasteiger partial charge < -0.3 is 14.6 Å². The van der Waals surface area contributed by atoms with E-state index in [2.05, 4.69) is 6.92 Å². The van der Waals surface area contributed by atoms with Gasteiger partial charge in [-0.1, -0.05) is 82.2 Å². The van der Waals surface area contributed by atoms with Crippen molar-refractivity contribution in [3.05, 3.63) is 59.7 Å². The van der Waals surface area contributed by atoms with Crippen molar-refractivity contribution in [3.8, 4) is 11.5 Å². The van der Waals surface area contributed by atoms with Gasteiger partial charge in [0, 0.05) is 6.07 Å². The fourth-order valence-corrected chi connectivity index (χ4v) is 3.06. The number of rotatable bonds is 14. The Kier molecular flexibility index (Phi) is 10.4. The number of ether oxygens (including phenoxy) is 2. The van der Waals surface area contributed by atoms with Gasteiger partial charge in [0.1, 0.15) is 18.1 Å². The third-order valence-electron chi connectivity index (χ3n) is 4.64. The molecule has 0 fully saturated rings. The number of aliphatic hydroxyl groups is 1. The van der Waals surface area contributed by atoms with Crippen molar-refractivity contribution in [2.45, 2.75) is 71.5 Å². The van der Waals surface area contributed by atoms with Crippen molar-refractivity contribution in [2.75, 3.05) is 6.61 Å². The summed E-state index contributed by atoms with van der Waals surface area (Å²) in [5.74, 6) is 1.50. The topological polar surface area (TPSA) is 38.7 Å². The maximum Gasteiger partial charge on any atom is 0.123 e. The molecule has 0 aliphatic carbocycles. The van der Waals surface area contributed by atoms with Crippen LogP contribution in [0.1, 0.15) is 69.4 Å². The monoisotopic (exact) mass is 370 g/mol. The second kappa shape index (κ2) is 13.2. The number of benzene rings is 2. The molecule has 0 radical (unpaired) electrons. The number of hydrogen-bond donors (Lipinski definition) is 1. The Morgan fingerprint density at radius 1 is 0.704 bits per heavy atom. The van der Waals surface area contributed by atoms with E-state index in [9.17, 15) is 5.11 Å². The molecule has 3 heteroatoms. The Hall–Kier alpha value is -2.00. The third-order valence-corrected chi connectivity index (χ3v) is 4.64. The van der Waals surface area contributed by atoms with Gasteiger partial charge in [0.05, 0.1) is 13.2 Å². The lowest BCUT2D eigenvalue weighted by Crippen LogP contribution is -2.00. The summed E-state index contributed by atoms with van der Waals surface area (Å²) in [5.41, 5.74) is 1.93. The van der Waals surface area contributed by atoms with Crippen LogP contribution in [-0.4, -0.2) is 11.7 Å². The maximum atomic E-state index is 9.49. The SMILES string of the molecule is CCCCCCCCCCOc1cc(CO)cc(OCc2ccccc2)c1. The van der Waals surface area contributed by atoms with E-state index in [1.54, 1.807) is 0 Å². The Labute approximate surface area is 164 Å². The van der Waals surface area contributed by atoms with E-state index in [1.807, 2.05) is 48.5 Å². The predicted octanol–water partition coefficient (Wildman–Crippen LogP) is 6.28. The average Bonchev–Trinajstić information content (AvgIpc) is 2.71. The first-order valence-electron chi connectivity index (χ1n) is 10.4. The van der Waals surface area contributed by atoms with Crippen LogP contribution >= 0.6 is 0 Å². The molecule has 0 saturated heterocycles. The lowest BCUT2D eigenvalue weighted by molar-refractivity contribution is 0.271. The number of unbranched alkanes of at least 4 members (excludes halogenated alkanes) is 7. The second-order valence-electron chi connectivity index (χ2n) is 7.07. The minimum atomic E-state index is -0.0172. The molecule has 0 aliphatic heterocycles. The molecule has 2 rings (SSSR count). The molecule has 2 aromatic carbocycles. The average molecular weight is 371 g/mol. The summed E-state index contributed by atoms with van der Waals surface area (Å²) < 4.78 is 11.8. The van der Waals surface area contributed by atoms with E-state index >= 15 is 0 Å². The smallest absolute Gasteiger partial charge is 0.123 e. The molecule has 0 heterocycles. The quantitative estimate of drug-likeness (QED) is 0.398. The molecule has 0 aromatic heterocycles. The molecular formula is C24H34O3. The molecule has 2 aromatic rings. The molecule has 0 amide bonds. The van der Waals surface area contributed by atoms with Crippen molar-refractivity contribution in [3.63, 3.8) is 0 Å². The summed E-state index contributed by atoms with van der Waals surface area (Å²) in [7, 11) is 0. The Bertz CT molecular complexity index is 625. The maximum absolute atomic E-state index is 9.49. The molecule has 0 saturated carbocycles. The first-order chi connectivity index (χ1) is 13.3. The van der Waals surface area contributed by atoms with E-state index in [0.29, 0.717) is 13.2 Å². The van der Waals surface area contributed by atoms with Crippen LogP contribution < -0.4 is 9.47 Å². The van der Waals surface area contributed by atoms with Crippen LogP contribution in [0.4, 0.5) is 0 Å². The van der Waals surface area contributed by atoms with Crippen LogP contribution in [0.3, 0.4) is 0 Å². The number of aliphatic hydroxyl groups excluding tert-OH is 1. The predicted molar refractivity (Wildman–Crippen MR) is 111 cm³/mol. The van der Waals surface area contributed by atoms with Crippen LogP contribution in [0.2, 0.25) is 0 Å². The molecule has 1 N–H and O–H groups in total. The number of hydrogen-bond acceptors (Lipinski definition) is 3. The van der Waals surface area contributed by atoms with Crippen molar-refractivity contribution in [2.24, 2.45) is 0 Å². The third kappa shape index (κ3) is 8.96. The summed E-state index contributed by atoms with van der Waals surface area (Å²) in [6.45, 7) is 3.45. The fraction of sp³-hybridized carbons (Fsp3) is 0.500. The normalized spacial score (nSPS) is 10.7. The highest BCUT2D eigenvalue weighted by molar-refractivity contribution is 5.38. The van der Waals surface area contributed by atoms with Gasteiger partial charge in [-0.05, 0) is 29.7 Å². The van der Waals surface area contributed by atoms with Crippen LogP contribution in [0.25, 0.3) is 0 Å². The molecule has 0 spiro atoms. The van der Waals surface area contributed by atoms with Crippen LogP contribution in [0, 0.1) is 0 Å². The molecule has 0 unspecified atom stereocenters. The molecular weight excluding hydrogens is 336 g/mol. The zero-order valence-electron chi connectivity index (χ0n) is 16.7. The van der Waals surface area contributed by atoms with Gasteiger partial charge in [0.2, 0.25) is 0 Å². The summed E-state index contributed by atoms with van der Waals surface area (Å²) in [6.07, 6.45) is 10.3. The van der Waals surface area contributed by atoms with Crippen LogP contribution in [0.5, 0.6) is 11.5 Å².